The van der Waals surface area contributed by atoms with Gasteiger partial charge in [0, 0.05) is 17.7 Å². The van der Waals surface area contributed by atoms with E-state index >= 15 is 0 Å². The van der Waals surface area contributed by atoms with Crippen LogP contribution >= 0.6 is 0 Å². The van der Waals surface area contributed by atoms with E-state index in [1.54, 1.807) is 6.07 Å². The van der Waals surface area contributed by atoms with Crippen molar-refractivity contribution in [1.82, 2.24) is 15.3 Å². The van der Waals surface area contributed by atoms with Crippen molar-refractivity contribution >= 4 is 11.6 Å². The van der Waals surface area contributed by atoms with E-state index in [0.717, 1.165) is 0 Å². The van der Waals surface area contributed by atoms with E-state index in [1.807, 2.05) is 0 Å². The summed E-state index contributed by atoms with van der Waals surface area (Å²) < 4.78 is 15.1. The van der Waals surface area contributed by atoms with Crippen molar-refractivity contribution in [3.8, 4) is 28.7 Å². The molecule has 0 aliphatic carbocycles. The van der Waals surface area contributed by atoms with Gasteiger partial charge in [0.2, 0.25) is 11.7 Å². The van der Waals surface area contributed by atoms with Crippen LogP contribution in [-0.2, 0) is 0 Å². The summed E-state index contributed by atoms with van der Waals surface area (Å²) in [5.41, 5.74) is 6.11. The minimum atomic E-state index is -0.524. The molecule has 0 saturated carbocycles. The molecule has 0 bridgehead atoms. The molecule has 0 aliphatic rings. The predicted molar refractivity (Wildman–Crippen MR) is 78.9 cm³/mol. The molecule has 0 aliphatic heterocycles. The monoisotopic (exact) mass is 333 g/mol. The third kappa shape index (κ3) is 2.87. The Labute approximate surface area is 133 Å². The summed E-state index contributed by atoms with van der Waals surface area (Å²) in [5, 5.41) is 27.0. The molecule has 0 unspecified atom stereocenters. The van der Waals surface area contributed by atoms with E-state index in [1.165, 1.54) is 18.2 Å². The first-order valence-electron chi connectivity index (χ1n) is 6.68. The number of aliphatic hydroxyl groups excluding tert-OH is 1. The van der Waals surface area contributed by atoms with Gasteiger partial charge in [-0.05, 0) is 5.16 Å². The lowest BCUT2D eigenvalue weighted by atomic mass is 10.2. The molecule has 0 fully saturated rings. The Morgan fingerprint density at radius 2 is 2.17 bits per heavy atom. The van der Waals surface area contributed by atoms with E-state index in [9.17, 15) is 10.1 Å². The number of nitrogens with two attached hydrogens (primary N) is 1. The molecule has 3 aromatic rings. The van der Waals surface area contributed by atoms with E-state index < -0.39 is 4.92 Å². The molecule has 124 valence electrons. The first-order valence-corrected chi connectivity index (χ1v) is 6.68. The summed E-state index contributed by atoms with van der Waals surface area (Å²) in [4.78, 5) is 14.4. The highest BCUT2D eigenvalue weighted by Gasteiger charge is 2.24. The summed E-state index contributed by atoms with van der Waals surface area (Å²) in [7, 11) is 0. The number of rotatable bonds is 6. The quantitative estimate of drug-likeness (QED) is 0.495. The van der Waals surface area contributed by atoms with Crippen LogP contribution in [0.1, 0.15) is 0 Å². The van der Waals surface area contributed by atoms with Crippen molar-refractivity contribution in [2.24, 2.45) is 0 Å². The predicted octanol–water partition coefficient (Wildman–Crippen LogP) is 1.25. The smallest absolute Gasteiger partial charge is 0.270 e. The fourth-order valence-electron chi connectivity index (χ4n) is 1.93. The number of nitro groups is 1. The molecule has 0 saturated heterocycles. The van der Waals surface area contributed by atoms with E-state index in [4.69, 9.17) is 24.6 Å². The number of benzene rings is 1. The molecule has 0 amide bonds. The van der Waals surface area contributed by atoms with Gasteiger partial charge in [0.15, 0.2) is 5.56 Å². The number of hydrogen-bond acceptors (Lipinski definition) is 10. The summed E-state index contributed by atoms with van der Waals surface area (Å²) in [6.07, 6.45) is 0. The van der Waals surface area contributed by atoms with Gasteiger partial charge in [-0.2, -0.15) is 4.98 Å². The number of nitrogens with zero attached hydrogens (tertiary/aromatic N) is 4. The summed E-state index contributed by atoms with van der Waals surface area (Å²) in [5.74, 6) is -0.00132. The largest absolute Gasteiger partial charge is 0.472 e. The van der Waals surface area contributed by atoms with Gasteiger partial charge < -0.3 is 24.6 Å². The molecule has 2 heterocycles. The molecule has 3 rings (SSSR count). The van der Waals surface area contributed by atoms with Gasteiger partial charge in [-0.25, -0.2) is 0 Å². The average Bonchev–Trinajstić information content (AvgIpc) is 3.19. The zero-order valence-corrected chi connectivity index (χ0v) is 12.1. The van der Waals surface area contributed by atoms with E-state index in [-0.39, 0.29) is 47.9 Å². The van der Waals surface area contributed by atoms with Gasteiger partial charge in [0.05, 0.1) is 11.5 Å². The van der Waals surface area contributed by atoms with Crippen molar-refractivity contribution in [3.63, 3.8) is 0 Å². The molecule has 1 aromatic carbocycles. The molecular formula is C13H11N5O6. The topological polar surface area (TPSA) is 164 Å². The standard InChI is InChI=1S/C13H11N5O6/c14-10-9(13(17-23-10)22-5-4-19)12-15-11(16-24-12)7-2-1-3-8(6-7)18(20)21/h1-3,6,19H,4-5,14H2. The Morgan fingerprint density at radius 3 is 2.92 bits per heavy atom. The Hall–Kier alpha value is -3.47. The zero-order chi connectivity index (χ0) is 17.1. The second kappa shape index (κ2) is 6.34. The van der Waals surface area contributed by atoms with Crippen molar-refractivity contribution in [2.75, 3.05) is 18.9 Å². The number of nitrogen functional groups attached to an aromatic ring is 1. The second-order valence-electron chi connectivity index (χ2n) is 4.53. The number of anilines is 1. The van der Waals surface area contributed by atoms with Gasteiger partial charge in [-0.3, -0.25) is 10.1 Å². The molecule has 11 nitrogen and oxygen atoms in total. The van der Waals surface area contributed by atoms with Crippen LogP contribution in [0.15, 0.2) is 33.3 Å². The van der Waals surface area contributed by atoms with Crippen molar-refractivity contribution in [1.29, 1.82) is 0 Å². The van der Waals surface area contributed by atoms with Crippen molar-refractivity contribution < 1.29 is 23.8 Å². The van der Waals surface area contributed by atoms with Crippen LogP contribution < -0.4 is 10.5 Å². The normalized spacial score (nSPS) is 10.7. The highest BCUT2D eigenvalue weighted by atomic mass is 16.6. The highest BCUT2D eigenvalue weighted by molar-refractivity contribution is 5.72. The Morgan fingerprint density at radius 1 is 1.33 bits per heavy atom. The molecule has 0 atom stereocenters. The van der Waals surface area contributed by atoms with E-state index in [0.29, 0.717) is 5.56 Å². The fourth-order valence-corrected chi connectivity index (χ4v) is 1.93. The minimum Gasteiger partial charge on any atom is -0.472 e. The lowest BCUT2D eigenvalue weighted by Crippen LogP contribution is -2.02. The number of aliphatic hydroxyl groups is 1. The lowest BCUT2D eigenvalue weighted by Gasteiger charge is -1.99. The average molecular weight is 333 g/mol. The summed E-state index contributed by atoms with van der Waals surface area (Å²) >= 11 is 0. The van der Waals surface area contributed by atoms with Crippen LogP contribution in [0.5, 0.6) is 5.88 Å². The lowest BCUT2D eigenvalue weighted by molar-refractivity contribution is -0.384. The van der Waals surface area contributed by atoms with Gasteiger partial charge in [-0.1, -0.05) is 17.3 Å². The van der Waals surface area contributed by atoms with Crippen molar-refractivity contribution in [3.05, 3.63) is 34.4 Å². The van der Waals surface area contributed by atoms with Crippen LogP contribution in [-0.4, -0.2) is 38.5 Å². The van der Waals surface area contributed by atoms with Crippen LogP contribution in [0.4, 0.5) is 11.6 Å². The maximum Gasteiger partial charge on any atom is 0.270 e. The van der Waals surface area contributed by atoms with Gasteiger partial charge in [-0.15, -0.1) is 0 Å². The maximum atomic E-state index is 10.8. The molecule has 11 heteroatoms. The molecule has 3 N–H and O–H groups in total. The highest BCUT2D eigenvalue weighted by Crippen LogP contribution is 2.35. The Bertz CT molecular complexity index is 873. The van der Waals surface area contributed by atoms with Crippen molar-refractivity contribution in [2.45, 2.75) is 0 Å². The third-order valence-electron chi connectivity index (χ3n) is 2.97. The SMILES string of the molecule is Nc1onc(OCCO)c1-c1nc(-c2cccc([N+](=O)[O-])c2)no1. The fraction of sp³-hybridized carbons (Fsp3) is 0.154. The van der Waals surface area contributed by atoms with Crippen LogP contribution in [0.2, 0.25) is 0 Å². The number of ether oxygens (including phenoxy) is 1. The van der Waals surface area contributed by atoms with Crippen LogP contribution in [0.3, 0.4) is 0 Å². The number of aromatic nitrogens is 3. The van der Waals surface area contributed by atoms with Crippen LogP contribution in [0, 0.1) is 10.1 Å². The minimum absolute atomic E-state index is 0.00390. The number of non-ortho nitro benzene ring substituents is 1. The van der Waals surface area contributed by atoms with Gasteiger partial charge in [0.1, 0.15) is 6.61 Å². The number of hydrogen-bond donors (Lipinski definition) is 2. The zero-order valence-electron chi connectivity index (χ0n) is 12.1. The first-order chi connectivity index (χ1) is 11.6. The van der Waals surface area contributed by atoms with E-state index in [2.05, 4.69) is 15.3 Å². The molecule has 2 aromatic heterocycles. The summed E-state index contributed by atoms with van der Waals surface area (Å²) in [6, 6.07) is 5.77. The summed E-state index contributed by atoms with van der Waals surface area (Å²) in [6.45, 7) is -0.250. The number of nitro benzene ring substituents is 1. The maximum absolute atomic E-state index is 10.8. The molecule has 24 heavy (non-hydrogen) atoms. The Kier molecular flexibility index (Phi) is 4.07. The second-order valence-corrected chi connectivity index (χ2v) is 4.53. The molecular weight excluding hydrogens is 322 g/mol. The first kappa shape index (κ1) is 15.4. The van der Waals surface area contributed by atoms with Gasteiger partial charge in [0.25, 0.3) is 17.5 Å². The van der Waals surface area contributed by atoms with Gasteiger partial charge >= 0.3 is 0 Å². The van der Waals surface area contributed by atoms with Crippen LogP contribution in [0.25, 0.3) is 22.8 Å². The molecule has 0 spiro atoms. The molecule has 0 radical (unpaired) electrons. The Balaban J connectivity index is 1.96. The third-order valence-corrected chi connectivity index (χ3v) is 2.97.